The van der Waals surface area contributed by atoms with Crippen LogP contribution in [0.5, 0.6) is 0 Å². The Hall–Kier alpha value is -0.320. The molecule has 0 radical (unpaired) electrons. The van der Waals surface area contributed by atoms with E-state index >= 15 is 0 Å². The maximum atomic E-state index is 12.1. The molecule has 0 amide bonds. The molecule has 0 N–H and O–H groups in total. The van der Waals surface area contributed by atoms with Crippen molar-refractivity contribution in [3.05, 3.63) is 0 Å². The van der Waals surface area contributed by atoms with Crippen molar-refractivity contribution in [2.24, 2.45) is 0 Å². The molecule has 0 spiro atoms. The molecule has 0 saturated carbocycles. The van der Waals surface area contributed by atoms with Crippen LogP contribution in [0, 0.1) is 0 Å². The average molecular weight is 216 g/mol. The number of hydrogen-bond donors (Lipinski definition) is 0. The lowest BCUT2D eigenvalue weighted by atomic mass is 10.1. The van der Waals surface area contributed by atoms with Gasteiger partial charge in [-0.1, -0.05) is 32.6 Å². The number of halogens is 4. The Morgan fingerprint density at radius 2 is 1.79 bits per heavy atom. The van der Waals surface area contributed by atoms with Gasteiger partial charge in [-0.05, 0) is 6.42 Å². The van der Waals surface area contributed by atoms with Crippen molar-refractivity contribution < 1.29 is 22.3 Å². The molecule has 0 aromatic rings. The van der Waals surface area contributed by atoms with E-state index in [-0.39, 0.29) is 6.42 Å². The summed E-state index contributed by atoms with van der Waals surface area (Å²) >= 11 is 0. The van der Waals surface area contributed by atoms with Gasteiger partial charge in [0.05, 0.1) is 0 Å². The summed E-state index contributed by atoms with van der Waals surface area (Å²) in [6.45, 7) is 0.595. The zero-order valence-corrected chi connectivity index (χ0v) is 8.24. The van der Waals surface area contributed by atoms with Crippen LogP contribution < -0.4 is 0 Å². The molecule has 0 rings (SSSR count). The van der Waals surface area contributed by atoms with Gasteiger partial charge in [0.25, 0.3) is 0 Å². The summed E-state index contributed by atoms with van der Waals surface area (Å²) in [5.74, 6) is 0. The Morgan fingerprint density at radius 3 is 2.21 bits per heavy atom. The van der Waals surface area contributed by atoms with Gasteiger partial charge in [0.2, 0.25) is 0 Å². The second kappa shape index (κ2) is 7.04. The Labute approximate surface area is 81.4 Å². The lowest BCUT2D eigenvalue weighted by Gasteiger charge is -2.18. The van der Waals surface area contributed by atoms with E-state index in [1.54, 1.807) is 0 Å². The topological polar surface area (TPSA) is 9.23 Å². The summed E-state index contributed by atoms with van der Waals surface area (Å²) in [5.41, 5.74) is 0. The van der Waals surface area contributed by atoms with Crippen LogP contribution in [-0.4, -0.2) is 19.1 Å². The first kappa shape index (κ1) is 13.7. The molecule has 0 aliphatic carbocycles. The van der Waals surface area contributed by atoms with Crippen molar-refractivity contribution in [2.45, 2.75) is 51.3 Å². The van der Waals surface area contributed by atoms with Crippen LogP contribution in [0.4, 0.5) is 17.6 Å². The summed E-state index contributed by atoms with van der Waals surface area (Å²) in [6, 6.07) is 0. The highest BCUT2D eigenvalue weighted by molar-refractivity contribution is 4.67. The second-order valence-electron chi connectivity index (χ2n) is 3.16. The third-order valence-electron chi connectivity index (χ3n) is 1.95. The second-order valence-corrected chi connectivity index (χ2v) is 3.16. The van der Waals surface area contributed by atoms with Crippen LogP contribution in [0.3, 0.4) is 0 Å². The monoisotopic (exact) mass is 216 g/mol. The van der Waals surface area contributed by atoms with Gasteiger partial charge >= 0.3 is 6.18 Å². The smallest absolute Gasteiger partial charge is 0.338 e. The Balaban J connectivity index is 3.74. The van der Waals surface area contributed by atoms with Crippen molar-refractivity contribution in [1.29, 1.82) is 0 Å². The molecule has 86 valence electrons. The zero-order valence-electron chi connectivity index (χ0n) is 8.24. The SMILES string of the molecule is CCCCCCC(OCF)C(F)(F)F. The summed E-state index contributed by atoms with van der Waals surface area (Å²) in [4.78, 5) is 0. The van der Waals surface area contributed by atoms with E-state index < -0.39 is 19.1 Å². The van der Waals surface area contributed by atoms with Crippen LogP contribution in [0.25, 0.3) is 0 Å². The van der Waals surface area contributed by atoms with Crippen LogP contribution in [0.1, 0.15) is 39.0 Å². The predicted molar refractivity (Wildman–Crippen MR) is 45.7 cm³/mol. The summed E-state index contributed by atoms with van der Waals surface area (Å²) < 4.78 is 52.0. The molecule has 0 aromatic carbocycles. The van der Waals surface area contributed by atoms with Crippen molar-refractivity contribution >= 4 is 0 Å². The van der Waals surface area contributed by atoms with Crippen molar-refractivity contribution in [3.8, 4) is 0 Å². The largest absolute Gasteiger partial charge is 0.414 e. The lowest BCUT2D eigenvalue weighted by molar-refractivity contribution is -0.231. The molecule has 1 atom stereocenters. The fourth-order valence-corrected chi connectivity index (χ4v) is 1.17. The number of rotatable bonds is 7. The van der Waals surface area contributed by atoms with E-state index in [4.69, 9.17) is 0 Å². The number of unbranched alkanes of at least 4 members (excludes halogenated alkanes) is 3. The Morgan fingerprint density at radius 1 is 1.14 bits per heavy atom. The summed E-state index contributed by atoms with van der Waals surface area (Å²) in [6.07, 6.45) is -3.51. The molecular weight excluding hydrogens is 200 g/mol. The fraction of sp³-hybridized carbons (Fsp3) is 1.00. The predicted octanol–water partition coefficient (Wildman–Crippen LogP) is 3.83. The molecular formula is C9H16F4O. The number of hydrogen-bond acceptors (Lipinski definition) is 1. The summed E-state index contributed by atoms with van der Waals surface area (Å²) in [7, 11) is 0. The van der Waals surface area contributed by atoms with E-state index in [0.29, 0.717) is 6.42 Å². The third kappa shape index (κ3) is 6.18. The van der Waals surface area contributed by atoms with Gasteiger partial charge in [-0.25, -0.2) is 4.39 Å². The lowest BCUT2D eigenvalue weighted by Crippen LogP contribution is -2.31. The van der Waals surface area contributed by atoms with Crippen LogP contribution >= 0.6 is 0 Å². The van der Waals surface area contributed by atoms with Gasteiger partial charge < -0.3 is 4.74 Å². The highest BCUT2D eigenvalue weighted by atomic mass is 19.4. The van der Waals surface area contributed by atoms with Crippen LogP contribution in [-0.2, 0) is 4.74 Å². The average Bonchev–Trinajstić information content (AvgIpc) is 2.08. The molecule has 0 fully saturated rings. The number of alkyl halides is 4. The molecule has 0 saturated heterocycles. The van der Waals surface area contributed by atoms with Gasteiger partial charge in [0.1, 0.15) is 0 Å². The Kier molecular flexibility index (Phi) is 6.87. The molecule has 0 aliphatic rings. The van der Waals surface area contributed by atoms with Crippen molar-refractivity contribution in [3.63, 3.8) is 0 Å². The molecule has 14 heavy (non-hydrogen) atoms. The van der Waals surface area contributed by atoms with Crippen molar-refractivity contribution in [2.75, 3.05) is 6.86 Å². The normalized spacial score (nSPS) is 14.4. The highest BCUT2D eigenvalue weighted by Gasteiger charge is 2.39. The van der Waals surface area contributed by atoms with Crippen LogP contribution in [0.2, 0.25) is 0 Å². The van der Waals surface area contributed by atoms with Gasteiger partial charge in [-0.3, -0.25) is 0 Å². The minimum absolute atomic E-state index is 0.145. The third-order valence-corrected chi connectivity index (χ3v) is 1.95. The first-order valence-corrected chi connectivity index (χ1v) is 4.76. The van der Waals surface area contributed by atoms with Crippen LogP contribution in [0.15, 0.2) is 0 Å². The first-order chi connectivity index (χ1) is 6.52. The quantitative estimate of drug-likeness (QED) is 0.464. The molecule has 0 aliphatic heterocycles. The van der Waals surface area contributed by atoms with E-state index in [0.717, 1.165) is 19.3 Å². The minimum atomic E-state index is -4.45. The summed E-state index contributed by atoms with van der Waals surface area (Å²) in [5, 5.41) is 0. The molecule has 5 heteroatoms. The Bertz CT molecular complexity index is 135. The molecule has 0 heterocycles. The maximum absolute atomic E-state index is 12.1. The fourth-order valence-electron chi connectivity index (χ4n) is 1.17. The zero-order chi connectivity index (χ0) is 11.0. The van der Waals surface area contributed by atoms with Gasteiger partial charge in [0, 0.05) is 0 Å². The van der Waals surface area contributed by atoms with Crippen molar-refractivity contribution in [1.82, 2.24) is 0 Å². The van der Waals surface area contributed by atoms with E-state index in [1.165, 1.54) is 0 Å². The van der Waals surface area contributed by atoms with E-state index in [9.17, 15) is 17.6 Å². The van der Waals surface area contributed by atoms with Gasteiger partial charge in [0.15, 0.2) is 13.0 Å². The minimum Gasteiger partial charge on any atom is -0.338 e. The molecule has 1 unspecified atom stereocenters. The van der Waals surface area contributed by atoms with Gasteiger partial charge in [-0.15, -0.1) is 0 Å². The standard InChI is InChI=1S/C9H16F4O/c1-2-3-4-5-6-8(14-7-10)9(11,12)13/h8H,2-7H2,1H3. The van der Waals surface area contributed by atoms with Gasteiger partial charge in [-0.2, -0.15) is 13.2 Å². The first-order valence-electron chi connectivity index (χ1n) is 4.76. The molecule has 0 aromatic heterocycles. The molecule has 1 nitrogen and oxygen atoms in total. The van der Waals surface area contributed by atoms with E-state index in [1.807, 2.05) is 6.92 Å². The highest BCUT2D eigenvalue weighted by Crippen LogP contribution is 2.27. The van der Waals surface area contributed by atoms with E-state index in [2.05, 4.69) is 4.74 Å². The maximum Gasteiger partial charge on any atom is 0.414 e. The number of ether oxygens (including phenoxy) is 1. The molecule has 0 bridgehead atoms.